The lowest BCUT2D eigenvalue weighted by Crippen LogP contribution is -2.30. The van der Waals surface area contributed by atoms with Crippen LogP contribution in [0.1, 0.15) is 19.8 Å². The van der Waals surface area contributed by atoms with Crippen LogP contribution in [0, 0.1) is 21.7 Å². The summed E-state index contributed by atoms with van der Waals surface area (Å²) in [5.74, 6) is 1.77. The van der Waals surface area contributed by atoms with E-state index in [1.807, 2.05) is 5.43 Å². The summed E-state index contributed by atoms with van der Waals surface area (Å²) in [7, 11) is 0. The number of halogens is 2. The average Bonchev–Trinajstić information content (AvgIpc) is 2.39. The molecule has 0 saturated carbocycles. The van der Waals surface area contributed by atoms with E-state index in [0.717, 1.165) is 0 Å². The van der Waals surface area contributed by atoms with E-state index in [-0.39, 0.29) is 12.8 Å². The molecule has 0 aliphatic rings. The number of carbonyl (C=O) groups is 1. The first kappa shape index (κ1) is 15.8. The Bertz CT molecular complexity index is 525. The molecule has 1 aromatic rings. The zero-order chi connectivity index (χ0) is 15.3. The third kappa shape index (κ3) is 4.12. The van der Waals surface area contributed by atoms with Gasteiger partial charge >= 0.3 is 5.69 Å². The minimum atomic E-state index is -1.20. The van der Waals surface area contributed by atoms with Crippen LogP contribution in [0.2, 0.25) is 0 Å². The van der Waals surface area contributed by atoms with Crippen molar-refractivity contribution in [3.8, 4) is 5.75 Å². The monoisotopic (exact) mass is 289 g/mol. The highest BCUT2D eigenvalue weighted by Gasteiger charge is 2.20. The number of amides is 1. The standard InChI is InChI=1S/C11H13F2N3O4/c1-6(2-3-11(17)15-14)20-10-5-7(12)9(16(18)19)4-8(10)13/h4-6H,2-3,14H2,1H3,(H,15,17). The van der Waals surface area contributed by atoms with Crippen LogP contribution >= 0.6 is 0 Å². The smallest absolute Gasteiger partial charge is 0.307 e. The Kier molecular flexibility index (Phi) is 5.32. The van der Waals surface area contributed by atoms with E-state index >= 15 is 0 Å². The highest BCUT2D eigenvalue weighted by molar-refractivity contribution is 5.75. The molecule has 20 heavy (non-hydrogen) atoms. The van der Waals surface area contributed by atoms with Gasteiger partial charge in [0.05, 0.1) is 17.1 Å². The third-order valence-electron chi connectivity index (χ3n) is 2.47. The van der Waals surface area contributed by atoms with Gasteiger partial charge in [-0.3, -0.25) is 20.3 Å². The van der Waals surface area contributed by atoms with Gasteiger partial charge in [0.2, 0.25) is 11.7 Å². The predicted molar refractivity (Wildman–Crippen MR) is 64.7 cm³/mol. The van der Waals surface area contributed by atoms with Crippen LogP contribution in [0.15, 0.2) is 12.1 Å². The van der Waals surface area contributed by atoms with E-state index in [1.54, 1.807) is 6.92 Å². The molecule has 0 heterocycles. The summed E-state index contributed by atoms with van der Waals surface area (Å²) in [6.45, 7) is 1.54. The lowest BCUT2D eigenvalue weighted by molar-refractivity contribution is -0.387. The molecule has 7 nitrogen and oxygen atoms in total. The summed E-state index contributed by atoms with van der Waals surface area (Å²) in [6.07, 6.45) is -0.321. The number of benzene rings is 1. The first-order valence-electron chi connectivity index (χ1n) is 5.64. The van der Waals surface area contributed by atoms with Crippen molar-refractivity contribution in [2.45, 2.75) is 25.9 Å². The Hall–Kier alpha value is -2.29. The number of hydrazine groups is 1. The predicted octanol–water partition coefficient (Wildman–Crippen LogP) is 1.41. The van der Waals surface area contributed by atoms with E-state index in [0.29, 0.717) is 12.1 Å². The maximum Gasteiger partial charge on any atom is 0.307 e. The maximum absolute atomic E-state index is 13.5. The Morgan fingerprint density at radius 1 is 1.50 bits per heavy atom. The number of carbonyl (C=O) groups excluding carboxylic acids is 1. The highest BCUT2D eigenvalue weighted by atomic mass is 19.1. The van der Waals surface area contributed by atoms with E-state index in [4.69, 9.17) is 10.6 Å². The minimum absolute atomic E-state index is 0.0503. The topological polar surface area (TPSA) is 107 Å². The first-order valence-corrected chi connectivity index (χ1v) is 5.64. The molecule has 1 amide bonds. The van der Waals surface area contributed by atoms with Crippen molar-refractivity contribution >= 4 is 11.6 Å². The normalized spacial score (nSPS) is 11.8. The number of nitro benzene ring substituents is 1. The fourth-order valence-electron chi connectivity index (χ4n) is 1.43. The Morgan fingerprint density at radius 3 is 2.70 bits per heavy atom. The van der Waals surface area contributed by atoms with Gasteiger partial charge in [0.15, 0.2) is 11.6 Å². The molecule has 0 saturated heterocycles. The summed E-state index contributed by atoms with van der Waals surface area (Å²) in [4.78, 5) is 20.3. The molecule has 3 N–H and O–H groups in total. The first-order chi connectivity index (χ1) is 9.35. The van der Waals surface area contributed by atoms with Crippen molar-refractivity contribution in [3.63, 3.8) is 0 Å². The van der Waals surface area contributed by atoms with Gasteiger partial charge in [0.1, 0.15) is 0 Å². The number of hydrogen-bond donors (Lipinski definition) is 2. The van der Waals surface area contributed by atoms with Crippen LogP contribution in [-0.4, -0.2) is 16.9 Å². The van der Waals surface area contributed by atoms with Crippen molar-refractivity contribution in [1.82, 2.24) is 5.43 Å². The van der Waals surface area contributed by atoms with Crippen molar-refractivity contribution in [2.24, 2.45) is 5.84 Å². The van der Waals surface area contributed by atoms with E-state index in [2.05, 4.69) is 0 Å². The van der Waals surface area contributed by atoms with Gasteiger partial charge in [0, 0.05) is 12.5 Å². The van der Waals surface area contributed by atoms with Gasteiger partial charge in [-0.1, -0.05) is 0 Å². The zero-order valence-electron chi connectivity index (χ0n) is 10.6. The summed E-state index contributed by atoms with van der Waals surface area (Å²) >= 11 is 0. The molecule has 0 aliphatic carbocycles. The summed E-state index contributed by atoms with van der Waals surface area (Å²) < 4.78 is 31.9. The molecule has 1 unspecified atom stereocenters. The quantitative estimate of drug-likeness (QED) is 0.356. The van der Waals surface area contributed by atoms with Gasteiger partial charge in [0.25, 0.3) is 0 Å². The number of nitro groups is 1. The molecule has 0 aromatic heterocycles. The second-order valence-electron chi connectivity index (χ2n) is 4.03. The molecular formula is C11H13F2N3O4. The molecule has 1 aromatic carbocycles. The second kappa shape index (κ2) is 6.75. The number of ether oxygens (including phenoxy) is 1. The van der Waals surface area contributed by atoms with Gasteiger partial charge in [-0.2, -0.15) is 4.39 Å². The number of rotatable bonds is 6. The molecule has 0 radical (unpaired) electrons. The van der Waals surface area contributed by atoms with Gasteiger partial charge in [-0.15, -0.1) is 0 Å². The molecule has 0 aliphatic heterocycles. The van der Waals surface area contributed by atoms with E-state index in [9.17, 15) is 23.7 Å². The number of nitrogens with zero attached hydrogens (tertiary/aromatic N) is 1. The van der Waals surface area contributed by atoms with Crippen LogP contribution in [0.4, 0.5) is 14.5 Å². The van der Waals surface area contributed by atoms with Crippen LogP contribution in [0.3, 0.4) is 0 Å². The van der Waals surface area contributed by atoms with Crippen LogP contribution in [0.25, 0.3) is 0 Å². The SMILES string of the molecule is CC(CCC(=O)NN)Oc1cc(F)c([N+](=O)[O-])cc1F. The third-order valence-corrected chi connectivity index (χ3v) is 2.47. The van der Waals surface area contributed by atoms with E-state index in [1.165, 1.54) is 0 Å². The Morgan fingerprint density at radius 2 is 2.15 bits per heavy atom. The van der Waals surface area contributed by atoms with Gasteiger partial charge in [-0.05, 0) is 13.3 Å². The second-order valence-corrected chi connectivity index (χ2v) is 4.03. The summed E-state index contributed by atoms with van der Waals surface area (Å²) in [5, 5.41) is 10.4. The molecule has 0 spiro atoms. The molecule has 110 valence electrons. The van der Waals surface area contributed by atoms with Crippen molar-refractivity contribution in [1.29, 1.82) is 0 Å². The molecule has 9 heteroatoms. The Labute approximate surface area is 112 Å². The van der Waals surface area contributed by atoms with Gasteiger partial charge < -0.3 is 4.74 Å². The average molecular weight is 289 g/mol. The lowest BCUT2D eigenvalue weighted by atomic mass is 10.2. The van der Waals surface area contributed by atoms with Gasteiger partial charge in [-0.25, -0.2) is 10.2 Å². The van der Waals surface area contributed by atoms with Crippen molar-refractivity contribution in [3.05, 3.63) is 33.9 Å². The summed E-state index contributed by atoms with van der Waals surface area (Å²) in [6, 6.07) is 1.05. The number of nitrogens with two attached hydrogens (primary N) is 1. The summed E-state index contributed by atoms with van der Waals surface area (Å²) in [5.41, 5.74) is 0.954. The van der Waals surface area contributed by atoms with E-state index < -0.39 is 40.0 Å². The Balaban J connectivity index is 2.75. The zero-order valence-corrected chi connectivity index (χ0v) is 10.6. The number of nitrogens with one attached hydrogen (secondary N) is 1. The van der Waals surface area contributed by atoms with Crippen LogP contribution < -0.4 is 16.0 Å². The molecular weight excluding hydrogens is 276 g/mol. The molecule has 1 atom stereocenters. The fourth-order valence-corrected chi connectivity index (χ4v) is 1.43. The molecule has 1 rings (SSSR count). The van der Waals surface area contributed by atoms with Crippen molar-refractivity contribution in [2.75, 3.05) is 0 Å². The minimum Gasteiger partial charge on any atom is -0.488 e. The lowest BCUT2D eigenvalue weighted by Gasteiger charge is -2.14. The van der Waals surface area contributed by atoms with Crippen molar-refractivity contribution < 1.29 is 23.2 Å². The largest absolute Gasteiger partial charge is 0.488 e. The maximum atomic E-state index is 13.5. The number of hydrogen-bond acceptors (Lipinski definition) is 5. The van der Waals surface area contributed by atoms with Crippen LogP contribution in [-0.2, 0) is 4.79 Å². The highest BCUT2D eigenvalue weighted by Crippen LogP contribution is 2.27. The molecule has 0 bridgehead atoms. The van der Waals surface area contributed by atoms with Crippen LogP contribution in [0.5, 0.6) is 5.75 Å². The molecule has 0 fully saturated rings. The fraction of sp³-hybridized carbons (Fsp3) is 0.364.